The van der Waals surface area contributed by atoms with Crippen molar-refractivity contribution in [1.82, 2.24) is 0 Å². The van der Waals surface area contributed by atoms with E-state index in [1.807, 2.05) is 30.3 Å². The molecule has 2 N–H and O–H groups in total. The molecule has 15 heavy (non-hydrogen) atoms. The van der Waals surface area contributed by atoms with Gasteiger partial charge in [-0.1, -0.05) is 42.2 Å². The second-order valence-corrected chi connectivity index (χ2v) is 3.00. The lowest BCUT2D eigenvalue weighted by molar-refractivity contribution is 0.0543. The van der Waals surface area contributed by atoms with Crippen LogP contribution in [0.15, 0.2) is 30.3 Å². The van der Waals surface area contributed by atoms with Gasteiger partial charge in [-0.15, -0.1) is 0 Å². The van der Waals surface area contributed by atoms with E-state index < -0.39 is 6.10 Å². The van der Waals surface area contributed by atoms with Gasteiger partial charge < -0.3 is 14.9 Å². The van der Waals surface area contributed by atoms with E-state index in [0.29, 0.717) is 6.61 Å². The highest BCUT2D eigenvalue weighted by Gasteiger charge is 1.98. The average molecular weight is 206 g/mol. The van der Waals surface area contributed by atoms with Crippen molar-refractivity contribution >= 4 is 0 Å². The van der Waals surface area contributed by atoms with Crippen molar-refractivity contribution in [3.05, 3.63) is 35.9 Å². The summed E-state index contributed by atoms with van der Waals surface area (Å²) in [6.07, 6.45) is -0.833. The Morgan fingerprint density at radius 2 is 2.00 bits per heavy atom. The summed E-state index contributed by atoms with van der Waals surface area (Å²) >= 11 is 0. The van der Waals surface area contributed by atoms with Crippen LogP contribution in [-0.4, -0.2) is 29.5 Å². The first-order valence-electron chi connectivity index (χ1n) is 4.72. The fourth-order valence-electron chi connectivity index (χ4n) is 1.07. The molecule has 0 aliphatic carbocycles. The van der Waals surface area contributed by atoms with Crippen LogP contribution in [0.2, 0.25) is 0 Å². The maximum atomic E-state index is 9.25. The number of benzene rings is 1. The molecule has 3 heteroatoms. The van der Waals surface area contributed by atoms with Gasteiger partial charge in [-0.05, 0) is 5.56 Å². The SMILES string of the molecule is OCC#CC(O)COCc1ccccc1. The normalized spacial score (nSPS) is 11.6. The van der Waals surface area contributed by atoms with E-state index in [4.69, 9.17) is 9.84 Å². The summed E-state index contributed by atoms with van der Waals surface area (Å²) in [5.41, 5.74) is 1.06. The second-order valence-electron chi connectivity index (χ2n) is 3.00. The second kappa shape index (κ2) is 7.02. The molecule has 1 aromatic rings. The third-order valence-electron chi connectivity index (χ3n) is 1.74. The van der Waals surface area contributed by atoms with Gasteiger partial charge in [-0.3, -0.25) is 0 Å². The molecule has 0 spiro atoms. The Balaban J connectivity index is 2.22. The number of aliphatic hydroxyl groups excluding tert-OH is 2. The predicted octanol–water partition coefficient (Wildman–Crippen LogP) is 0.560. The van der Waals surface area contributed by atoms with E-state index >= 15 is 0 Å². The van der Waals surface area contributed by atoms with Gasteiger partial charge in [-0.25, -0.2) is 0 Å². The summed E-state index contributed by atoms with van der Waals surface area (Å²) in [5, 5.41) is 17.6. The summed E-state index contributed by atoms with van der Waals surface area (Å²) in [6, 6.07) is 9.70. The number of aliphatic hydroxyl groups is 2. The van der Waals surface area contributed by atoms with Crippen LogP contribution in [0.25, 0.3) is 0 Å². The zero-order chi connectivity index (χ0) is 10.9. The highest BCUT2D eigenvalue weighted by atomic mass is 16.5. The maximum absolute atomic E-state index is 9.25. The van der Waals surface area contributed by atoms with Crippen molar-refractivity contribution in [3.63, 3.8) is 0 Å². The molecule has 80 valence electrons. The van der Waals surface area contributed by atoms with Crippen LogP contribution >= 0.6 is 0 Å². The predicted molar refractivity (Wildman–Crippen MR) is 57.0 cm³/mol. The van der Waals surface area contributed by atoms with E-state index in [2.05, 4.69) is 11.8 Å². The highest BCUT2D eigenvalue weighted by Crippen LogP contribution is 2.00. The summed E-state index contributed by atoms with van der Waals surface area (Å²) < 4.78 is 5.24. The first-order valence-corrected chi connectivity index (χ1v) is 4.72. The van der Waals surface area contributed by atoms with E-state index in [0.717, 1.165) is 5.56 Å². The molecular weight excluding hydrogens is 192 g/mol. The fourth-order valence-corrected chi connectivity index (χ4v) is 1.07. The number of hydrogen-bond acceptors (Lipinski definition) is 3. The molecule has 0 radical (unpaired) electrons. The smallest absolute Gasteiger partial charge is 0.138 e. The van der Waals surface area contributed by atoms with E-state index in [9.17, 15) is 5.11 Å². The van der Waals surface area contributed by atoms with Gasteiger partial charge in [0.05, 0.1) is 13.2 Å². The van der Waals surface area contributed by atoms with Gasteiger partial charge in [0.1, 0.15) is 12.7 Å². The fraction of sp³-hybridized carbons (Fsp3) is 0.333. The van der Waals surface area contributed by atoms with Crippen molar-refractivity contribution in [2.24, 2.45) is 0 Å². The topological polar surface area (TPSA) is 49.7 Å². The molecule has 0 aromatic heterocycles. The Morgan fingerprint density at radius 3 is 2.67 bits per heavy atom. The van der Waals surface area contributed by atoms with Crippen LogP contribution in [0.1, 0.15) is 5.56 Å². The van der Waals surface area contributed by atoms with Crippen LogP contribution < -0.4 is 0 Å². The van der Waals surface area contributed by atoms with Gasteiger partial charge in [0.25, 0.3) is 0 Å². The summed E-state index contributed by atoms with van der Waals surface area (Å²) in [6.45, 7) is 0.371. The van der Waals surface area contributed by atoms with Crippen LogP contribution in [-0.2, 0) is 11.3 Å². The molecule has 0 aliphatic rings. The molecule has 0 heterocycles. The van der Waals surface area contributed by atoms with Crippen LogP contribution in [0.5, 0.6) is 0 Å². The monoisotopic (exact) mass is 206 g/mol. The first-order chi connectivity index (χ1) is 7.33. The molecule has 0 fully saturated rings. The first kappa shape index (κ1) is 11.7. The van der Waals surface area contributed by atoms with Crippen molar-refractivity contribution in [3.8, 4) is 11.8 Å². The minimum absolute atomic E-state index is 0.155. The lowest BCUT2D eigenvalue weighted by atomic mass is 10.2. The van der Waals surface area contributed by atoms with E-state index in [1.54, 1.807) is 0 Å². The zero-order valence-electron chi connectivity index (χ0n) is 8.39. The molecule has 0 aliphatic heterocycles. The summed E-state index contributed by atoms with van der Waals surface area (Å²) in [4.78, 5) is 0. The molecule has 0 amide bonds. The van der Waals surface area contributed by atoms with E-state index in [-0.39, 0.29) is 13.2 Å². The van der Waals surface area contributed by atoms with Crippen LogP contribution in [0.3, 0.4) is 0 Å². The molecule has 1 aromatic carbocycles. The van der Waals surface area contributed by atoms with Crippen molar-refractivity contribution < 1.29 is 14.9 Å². The third-order valence-corrected chi connectivity index (χ3v) is 1.74. The molecule has 0 saturated heterocycles. The minimum Gasteiger partial charge on any atom is -0.384 e. The molecule has 0 bridgehead atoms. The van der Waals surface area contributed by atoms with Gasteiger partial charge >= 0.3 is 0 Å². The Labute approximate surface area is 89.3 Å². The lowest BCUT2D eigenvalue weighted by Gasteiger charge is -2.05. The molecular formula is C12H14O3. The van der Waals surface area contributed by atoms with Gasteiger partial charge in [0.15, 0.2) is 0 Å². The van der Waals surface area contributed by atoms with Crippen molar-refractivity contribution in [2.45, 2.75) is 12.7 Å². The van der Waals surface area contributed by atoms with Crippen molar-refractivity contribution in [2.75, 3.05) is 13.2 Å². The Morgan fingerprint density at radius 1 is 1.27 bits per heavy atom. The summed E-state index contributed by atoms with van der Waals surface area (Å²) in [5.74, 6) is 4.82. The number of hydrogen-bond donors (Lipinski definition) is 2. The highest BCUT2D eigenvalue weighted by molar-refractivity contribution is 5.13. The quantitative estimate of drug-likeness (QED) is 0.708. The third kappa shape index (κ3) is 5.18. The molecule has 1 unspecified atom stereocenters. The Kier molecular flexibility index (Phi) is 5.49. The average Bonchev–Trinajstić information content (AvgIpc) is 2.28. The standard InChI is InChI=1S/C12H14O3/c13-8-4-7-12(14)10-15-9-11-5-2-1-3-6-11/h1-3,5-6,12-14H,8-10H2. The Bertz CT molecular complexity index is 324. The molecule has 3 nitrogen and oxygen atoms in total. The molecule has 0 saturated carbocycles. The number of ether oxygens (including phenoxy) is 1. The minimum atomic E-state index is -0.833. The lowest BCUT2D eigenvalue weighted by Crippen LogP contribution is -2.12. The van der Waals surface area contributed by atoms with Crippen LogP contribution in [0.4, 0.5) is 0 Å². The maximum Gasteiger partial charge on any atom is 0.138 e. The Hall–Kier alpha value is -1.34. The van der Waals surface area contributed by atoms with Gasteiger partial charge in [0.2, 0.25) is 0 Å². The molecule has 1 atom stereocenters. The zero-order valence-corrected chi connectivity index (χ0v) is 8.39. The van der Waals surface area contributed by atoms with E-state index in [1.165, 1.54) is 0 Å². The van der Waals surface area contributed by atoms with Crippen LogP contribution in [0, 0.1) is 11.8 Å². The van der Waals surface area contributed by atoms with Gasteiger partial charge in [-0.2, -0.15) is 0 Å². The molecule has 1 rings (SSSR count). The summed E-state index contributed by atoms with van der Waals surface area (Å²) in [7, 11) is 0. The largest absolute Gasteiger partial charge is 0.384 e. The number of rotatable bonds is 4. The van der Waals surface area contributed by atoms with Gasteiger partial charge in [0, 0.05) is 0 Å². The van der Waals surface area contributed by atoms with Crippen molar-refractivity contribution in [1.29, 1.82) is 0 Å².